The molecule has 4 aromatic rings. The van der Waals surface area contributed by atoms with E-state index in [0.717, 1.165) is 26.6 Å². The van der Waals surface area contributed by atoms with Gasteiger partial charge in [0.15, 0.2) is 5.76 Å². The number of hydrogen-bond donors (Lipinski definition) is 1. The molecule has 0 bridgehead atoms. The summed E-state index contributed by atoms with van der Waals surface area (Å²) in [5, 5.41) is 13.7. The van der Waals surface area contributed by atoms with E-state index in [0.29, 0.717) is 16.3 Å². The molecule has 7 heteroatoms. The van der Waals surface area contributed by atoms with E-state index in [1.807, 2.05) is 79.9 Å². The molecule has 5 nitrogen and oxygen atoms in total. The highest BCUT2D eigenvalue weighted by atomic mass is 32.1. The Balaban J connectivity index is 1.63. The Morgan fingerprint density at radius 2 is 1.71 bits per heavy atom. The number of ketones is 1. The second kappa shape index (κ2) is 8.66. The number of anilines is 1. The summed E-state index contributed by atoms with van der Waals surface area (Å²) in [6, 6.07) is 18.4. The van der Waals surface area contributed by atoms with E-state index >= 15 is 0 Å². The Morgan fingerprint density at radius 1 is 1.00 bits per heavy atom. The molecule has 1 unspecified atom stereocenters. The molecule has 170 valence electrons. The van der Waals surface area contributed by atoms with Crippen molar-refractivity contribution in [3.63, 3.8) is 0 Å². The summed E-state index contributed by atoms with van der Waals surface area (Å²) in [5.74, 6) is -1.44. The van der Waals surface area contributed by atoms with E-state index in [1.165, 1.54) is 27.6 Å². The summed E-state index contributed by atoms with van der Waals surface area (Å²) in [6.07, 6.45) is 0. The number of aliphatic hydroxyl groups is 1. The number of carbonyl (C=O) groups is 2. The van der Waals surface area contributed by atoms with Gasteiger partial charge in [-0.15, -0.1) is 22.7 Å². The van der Waals surface area contributed by atoms with E-state index in [9.17, 15) is 14.7 Å². The standard InChI is InChI=1S/C27H22N2O3S2/c1-15-9-11-19(12-10-15)29-21(24-16(2)13-14-33-24)20(23(31)27(29)32)22(30)25-17(3)28-26(34-25)18-7-5-4-6-8-18/h4-14,21,31H,1-3H3. The number of hydrogen-bond acceptors (Lipinski definition) is 6. The van der Waals surface area contributed by atoms with Crippen molar-refractivity contribution in [2.45, 2.75) is 26.8 Å². The van der Waals surface area contributed by atoms with Crippen LogP contribution in [0.2, 0.25) is 0 Å². The molecule has 1 N–H and O–H groups in total. The summed E-state index contributed by atoms with van der Waals surface area (Å²) < 4.78 is 0. The minimum atomic E-state index is -0.704. The molecule has 34 heavy (non-hydrogen) atoms. The summed E-state index contributed by atoms with van der Waals surface area (Å²) in [5.41, 5.74) is 4.25. The number of benzene rings is 2. The molecule has 1 amide bonds. The Labute approximate surface area is 205 Å². The fourth-order valence-electron chi connectivity index (χ4n) is 4.16. The van der Waals surface area contributed by atoms with Gasteiger partial charge in [-0.3, -0.25) is 14.5 Å². The highest BCUT2D eigenvalue weighted by Gasteiger charge is 2.46. The number of amides is 1. The number of Topliss-reactive ketones (excluding diaryl/α,β-unsaturated/α-hetero) is 1. The quantitative estimate of drug-likeness (QED) is 0.324. The van der Waals surface area contributed by atoms with Gasteiger partial charge >= 0.3 is 0 Å². The second-order valence-electron chi connectivity index (χ2n) is 8.27. The Bertz CT molecular complexity index is 1430. The lowest BCUT2D eigenvalue weighted by molar-refractivity contribution is -0.117. The molecule has 5 rings (SSSR count). The lowest BCUT2D eigenvalue weighted by atomic mass is 9.98. The van der Waals surface area contributed by atoms with Gasteiger partial charge in [0.2, 0.25) is 5.78 Å². The first kappa shape index (κ1) is 22.3. The number of carbonyl (C=O) groups excluding carboxylic acids is 2. The van der Waals surface area contributed by atoms with Crippen LogP contribution < -0.4 is 4.90 Å². The van der Waals surface area contributed by atoms with E-state index in [2.05, 4.69) is 4.98 Å². The van der Waals surface area contributed by atoms with Crippen LogP contribution in [-0.4, -0.2) is 21.8 Å². The molecule has 0 radical (unpaired) electrons. The SMILES string of the molecule is Cc1ccc(N2C(=O)C(O)=C(C(=O)c3sc(-c4ccccc4)nc3C)C2c2sccc2C)cc1. The lowest BCUT2D eigenvalue weighted by Gasteiger charge is -2.26. The predicted octanol–water partition coefficient (Wildman–Crippen LogP) is 6.58. The molecule has 0 saturated carbocycles. The molecule has 1 aliphatic rings. The third-order valence-electron chi connectivity index (χ3n) is 5.94. The molecule has 1 aliphatic heterocycles. The predicted molar refractivity (Wildman–Crippen MR) is 137 cm³/mol. The highest BCUT2D eigenvalue weighted by molar-refractivity contribution is 7.17. The first-order valence-corrected chi connectivity index (χ1v) is 12.5. The van der Waals surface area contributed by atoms with Gasteiger partial charge in [0.1, 0.15) is 11.0 Å². The number of aliphatic hydroxyl groups excluding tert-OH is 1. The first-order valence-electron chi connectivity index (χ1n) is 10.8. The maximum atomic E-state index is 13.9. The highest BCUT2D eigenvalue weighted by Crippen LogP contribution is 2.45. The van der Waals surface area contributed by atoms with E-state index in [4.69, 9.17) is 0 Å². The number of thiazole rings is 1. The zero-order valence-corrected chi connectivity index (χ0v) is 20.5. The van der Waals surface area contributed by atoms with Gasteiger partial charge in [0.25, 0.3) is 5.91 Å². The van der Waals surface area contributed by atoms with Crippen molar-refractivity contribution in [3.8, 4) is 10.6 Å². The fourth-order valence-corrected chi connectivity index (χ4v) is 6.21. The Hall–Kier alpha value is -3.55. The zero-order chi connectivity index (χ0) is 24.0. The van der Waals surface area contributed by atoms with Gasteiger partial charge in [0, 0.05) is 16.1 Å². The van der Waals surface area contributed by atoms with Crippen molar-refractivity contribution in [1.82, 2.24) is 4.98 Å². The van der Waals surface area contributed by atoms with Crippen LogP contribution >= 0.6 is 22.7 Å². The Kier molecular flexibility index (Phi) is 5.67. The molecular weight excluding hydrogens is 464 g/mol. The number of aromatic nitrogens is 1. The maximum absolute atomic E-state index is 13.9. The largest absolute Gasteiger partial charge is 0.503 e. The average Bonchev–Trinajstić information content (AvgIpc) is 3.51. The van der Waals surface area contributed by atoms with Crippen LogP contribution in [0.5, 0.6) is 0 Å². The maximum Gasteiger partial charge on any atom is 0.294 e. The third-order valence-corrected chi connectivity index (χ3v) is 8.22. The first-order chi connectivity index (χ1) is 16.4. The van der Waals surface area contributed by atoms with Crippen LogP contribution in [-0.2, 0) is 4.79 Å². The van der Waals surface area contributed by atoms with Crippen LogP contribution in [0, 0.1) is 20.8 Å². The number of nitrogens with zero attached hydrogens (tertiary/aromatic N) is 2. The minimum absolute atomic E-state index is 0.0995. The summed E-state index contributed by atoms with van der Waals surface area (Å²) in [7, 11) is 0. The van der Waals surface area contributed by atoms with Gasteiger partial charge in [-0.2, -0.15) is 0 Å². The minimum Gasteiger partial charge on any atom is -0.503 e. The fraction of sp³-hybridized carbons (Fsp3) is 0.148. The normalized spacial score (nSPS) is 15.9. The van der Waals surface area contributed by atoms with Crippen LogP contribution in [0.15, 0.2) is 77.4 Å². The van der Waals surface area contributed by atoms with Gasteiger partial charge in [-0.25, -0.2) is 4.98 Å². The topological polar surface area (TPSA) is 70.5 Å². The van der Waals surface area contributed by atoms with Crippen LogP contribution in [0.4, 0.5) is 5.69 Å². The molecule has 3 heterocycles. The number of thiophene rings is 1. The van der Waals surface area contributed by atoms with Gasteiger partial charge in [-0.05, 0) is 49.9 Å². The molecule has 2 aromatic carbocycles. The van der Waals surface area contributed by atoms with Crippen LogP contribution in [0.3, 0.4) is 0 Å². The van der Waals surface area contributed by atoms with E-state index < -0.39 is 17.7 Å². The molecular formula is C27H22N2O3S2. The van der Waals surface area contributed by atoms with Crippen molar-refractivity contribution in [2.75, 3.05) is 4.90 Å². The molecule has 2 aromatic heterocycles. The van der Waals surface area contributed by atoms with Crippen LogP contribution in [0.1, 0.15) is 37.4 Å². The summed E-state index contributed by atoms with van der Waals surface area (Å²) >= 11 is 2.75. The molecule has 0 saturated heterocycles. The monoisotopic (exact) mass is 486 g/mol. The van der Waals surface area contributed by atoms with E-state index in [-0.39, 0.29) is 11.4 Å². The van der Waals surface area contributed by atoms with Gasteiger partial charge in [0.05, 0.1) is 16.1 Å². The smallest absolute Gasteiger partial charge is 0.294 e. The van der Waals surface area contributed by atoms with Crippen molar-refractivity contribution in [1.29, 1.82) is 0 Å². The molecule has 0 fully saturated rings. The van der Waals surface area contributed by atoms with Crippen molar-refractivity contribution < 1.29 is 14.7 Å². The van der Waals surface area contributed by atoms with Gasteiger partial charge < -0.3 is 5.11 Å². The number of aryl methyl sites for hydroxylation is 3. The lowest BCUT2D eigenvalue weighted by Crippen LogP contribution is -2.30. The average molecular weight is 487 g/mol. The molecule has 0 aliphatic carbocycles. The second-order valence-corrected chi connectivity index (χ2v) is 10.2. The summed E-state index contributed by atoms with van der Waals surface area (Å²) in [6.45, 7) is 5.71. The molecule has 1 atom stereocenters. The number of rotatable bonds is 5. The third kappa shape index (κ3) is 3.67. The van der Waals surface area contributed by atoms with Gasteiger partial charge in [-0.1, -0.05) is 48.0 Å². The van der Waals surface area contributed by atoms with Crippen molar-refractivity contribution >= 4 is 40.1 Å². The van der Waals surface area contributed by atoms with Crippen molar-refractivity contribution in [2.24, 2.45) is 0 Å². The van der Waals surface area contributed by atoms with Crippen molar-refractivity contribution in [3.05, 3.63) is 104 Å². The Morgan fingerprint density at radius 3 is 2.35 bits per heavy atom. The summed E-state index contributed by atoms with van der Waals surface area (Å²) in [4.78, 5) is 34.6. The molecule has 0 spiro atoms. The van der Waals surface area contributed by atoms with E-state index in [1.54, 1.807) is 6.92 Å². The van der Waals surface area contributed by atoms with Crippen LogP contribution in [0.25, 0.3) is 10.6 Å². The zero-order valence-electron chi connectivity index (χ0n) is 18.9.